The molecule has 152 valence electrons. The van der Waals surface area contributed by atoms with Gasteiger partial charge in [0.2, 0.25) is 0 Å². The molecule has 1 unspecified atom stereocenters. The van der Waals surface area contributed by atoms with Gasteiger partial charge in [0.15, 0.2) is 5.11 Å². The third-order valence-electron chi connectivity index (χ3n) is 4.93. The number of hydrogen-bond donors (Lipinski definition) is 1. The van der Waals surface area contributed by atoms with Crippen molar-refractivity contribution in [3.63, 3.8) is 0 Å². The lowest BCUT2D eigenvalue weighted by Gasteiger charge is -2.37. The number of carbonyl (C=O) groups is 1. The van der Waals surface area contributed by atoms with Crippen LogP contribution in [-0.4, -0.2) is 32.4 Å². The van der Waals surface area contributed by atoms with Gasteiger partial charge in [-0.15, -0.1) is 0 Å². The minimum atomic E-state index is -0.516. The molecule has 0 fully saturated rings. The Labute approximate surface area is 176 Å². The molecule has 0 radical (unpaired) electrons. The van der Waals surface area contributed by atoms with Gasteiger partial charge in [-0.05, 0) is 50.3 Å². The first-order valence-electron chi connectivity index (χ1n) is 9.09. The maximum Gasteiger partial charge on any atom is 0.337 e. The summed E-state index contributed by atoms with van der Waals surface area (Å²) in [5.41, 5.74) is 3.93. The summed E-state index contributed by atoms with van der Waals surface area (Å²) >= 11 is 5.66. The molecule has 1 N–H and O–H groups in total. The molecular formula is C22H24N2O4S. The number of nitrogens with zero attached hydrogens (tertiary/aromatic N) is 1. The maximum absolute atomic E-state index is 12.8. The zero-order valence-corrected chi connectivity index (χ0v) is 17.9. The van der Waals surface area contributed by atoms with E-state index in [0.717, 1.165) is 16.8 Å². The summed E-state index contributed by atoms with van der Waals surface area (Å²) in [5, 5.41) is 3.77. The predicted octanol–water partition coefficient (Wildman–Crippen LogP) is 3.90. The second kappa shape index (κ2) is 8.53. The van der Waals surface area contributed by atoms with Gasteiger partial charge < -0.3 is 19.5 Å². The number of esters is 1. The number of rotatable bonds is 5. The van der Waals surface area contributed by atoms with Gasteiger partial charge in [-0.3, -0.25) is 4.90 Å². The third-order valence-corrected chi connectivity index (χ3v) is 5.23. The molecule has 0 saturated carbocycles. The summed E-state index contributed by atoms with van der Waals surface area (Å²) in [6.45, 7) is 3.88. The van der Waals surface area contributed by atoms with E-state index in [1.54, 1.807) is 20.3 Å². The summed E-state index contributed by atoms with van der Waals surface area (Å²) in [5.74, 6) is 0.811. The van der Waals surface area contributed by atoms with Crippen LogP contribution in [0.1, 0.15) is 24.1 Å². The molecule has 1 aliphatic heterocycles. The lowest BCUT2D eigenvalue weighted by molar-refractivity contribution is -0.136. The average molecular weight is 413 g/mol. The topological polar surface area (TPSA) is 60.0 Å². The van der Waals surface area contributed by atoms with E-state index in [1.807, 2.05) is 55.1 Å². The van der Waals surface area contributed by atoms with Crippen molar-refractivity contribution in [2.75, 3.05) is 26.2 Å². The molecule has 29 heavy (non-hydrogen) atoms. The number of aryl methyl sites for hydroxylation is 1. The number of carbonyl (C=O) groups excluding carboxylic acids is 1. The van der Waals surface area contributed by atoms with E-state index >= 15 is 0 Å². The number of allylic oxidation sites excluding steroid dienone is 1. The van der Waals surface area contributed by atoms with E-state index in [4.69, 9.17) is 26.4 Å². The number of methoxy groups -OCH3 is 3. The Kier molecular flexibility index (Phi) is 6.08. The Hall–Kier alpha value is -3.06. The van der Waals surface area contributed by atoms with Gasteiger partial charge in [-0.1, -0.05) is 17.7 Å². The Bertz CT molecular complexity index is 969. The van der Waals surface area contributed by atoms with Crippen LogP contribution in [0.3, 0.4) is 0 Å². The van der Waals surface area contributed by atoms with Crippen LogP contribution in [0.5, 0.6) is 11.5 Å². The zero-order valence-electron chi connectivity index (χ0n) is 17.1. The van der Waals surface area contributed by atoms with Crippen molar-refractivity contribution in [1.29, 1.82) is 0 Å². The Morgan fingerprint density at radius 2 is 1.72 bits per heavy atom. The minimum absolute atomic E-state index is 0.433. The van der Waals surface area contributed by atoms with E-state index < -0.39 is 12.0 Å². The smallest absolute Gasteiger partial charge is 0.337 e. The molecule has 6 nitrogen and oxygen atoms in total. The van der Waals surface area contributed by atoms with Crippen molar-refractivity contribution >= 4 is 29.0 Å². The number of thiocarbonyl (C=S) groups is 1. The van der Waals surface area contributed by atoms with E-state index in [1.165, 1.54) is 7.11 Å². The fourth-order valence-corrected chi connectivity index (χ4v) is 3.77. The average Bonchev–Trinajstić information content (AvgIpc) is 2.73. The highest BCUT2D eigenvalue weighted by molar-refractivity contribution is 7.80. The Morgan fingerprint density at radius 1 is 1.03 bits per heavy atom. The van der Waals surface area contributed by atoms with Crippen molar-refractivity contribution in [2.45, 2.75) is 19.9 Å². The summed E-state index contributed by atoms with van der Waals surface area (Å²) in [6.07, 6.45) is 0. The molecule has 1 atom stereocenters. The fraction of sp³-hybridized carbons (Fsp3) is 0.273. The first kappa shape index (κ1) is 20.7. The van der Waals surface area contributed by atoms with Gasteiger partial charge in [0.25, 0.3) is 0 Å². The highest BCUT2D eigenvalue weighted by atomic mass is 32.1. The molecule has 0 saturated heterocycles. The highest BCUT2D eigenvalue weighted by Gasteiger charge is 2.36. The second-order valence-electron chi connectivity index (χ2n) is 6.65. The van der Waals surface area contributed by atoms with Crippen LogP contribution in [0.15, 0.2) is 53.7 Å². The van der Waals surface area contributed by atoms with Gasteiger partial charge in [-0.2, -0.15) is 0 Å². The summed E-state index contributed by atoms with van der Waals surface area (Å²) in [4.78, 5) is 14.6. The molecule has 1 heterocycles. The van der Waals surface area contributed by atoms with Crippen LogP contribution in [-0.2, 0) is 9.53 Å². The van der Waals surface area contributed by atoms with Crippen molar-refractivity contribution in [3.8, 4) is 11.5 Å². The molecule has 2 aromatic rings. The predicted molar refractivity (Wildman–Crippen MR) is 116 cm³/mol. The van der Waals surface area contributed by atoms with Crippen LogP contribution < -0.4 is 19.7 Å². The molecule has 0 aromatic heterocycles. The molecule has 1 aliphatic rings. The molecule has 3 rings (SSSR count). The lowest BCUT2D eigenvalue weighted by atomic mass is 9.94. The zero-order chi connectivity index (χ0) is 21.1. The number of ether oxygens (including phenoxy) is 3. The first-order chi connectivity index (χ1) is 13.9. The number of benzene rings is 2. The number of nitrogens with one attached hydrogen (secondary N) is 1. The number of hydrogen-bond acceptors (Lipinski definition) is 5. The van der Waals surface area contributed by atoms with E-state index in [9.17, 15) is 4.79 Å². The number of anilines is 1. The summed E-state index contributed by atoms with van der Waals surface area (Å²) in [7, 11) is 4.53. The van der Waals surface area contributed by atoms with E-state index in [2.05, 4.69) is 5.32 Å². The van der Waals surface area contributed by atoms with Gasteiger partial charge in [0.1, 0.15) is 11.5 Å². The largest absolute Gasteiger partial charge is 0.497 e. The lowest BCUT2D eigenvalue weighted by Crippen LogP contribution is -2.48. The molecule has 2 aromatic carbocycles. The van der Waals surface area contributed by atoms with Gasteiger partial charge in [0.05, 0.1) is 32.9 Å². The molecule has 7 heteroatoms. The molecular weight excluding hydrogens is 388 g/mol. The molecule has 0 amide bonds. The monoisotopic (exact) mass is 412 g/mol. The summed E-state index contributed by atoms with van der Waals surface area (Å²) < 4.78 is 15.9. The highest BCUT2D eigenvalue weighted by Crippen LogP contribution is 2.38. The van der Waals surface area contributed by atoms with Crippen molar-refractivity contribution in [3.05, 3.63) is 64.9 Å². The second-order valence-corrected chi connectivity index (χ2v) is 7.04. The van der Waals surface area contributed by atoms with Gasteiger partial charge in [-0.25, -0.2) is 4.79 Å². The van der Waals surface area contributed by atoms with Crippen molar-refractivity contribution in [2.24, 2.45) is 0 Å². The molecule has 0 aliphatic carbocycles. The standard InChI is InChI=1S/C22H24N2O4S/c1-13-6-8-15(9-7-13)24-14(2)19(21(25)28-5)20(23-22(24)29)17-11-10-16(26-3)12-18(17)27-4/h6-12,20H,1-5H3,(H,23,29). The van der Waals surface area contributed by atoms with E-state index in [-0.39, 0.29) is 0 Å². The van der Waals surface area contributed by atoms with Crippen LogP contribution in [0.2, 0.25) is 0 Å². The molecule has 0 bridgehead atoms. The Balaban J connectivity index is 2.16. The van der Waals surface area contributed by atoms with Crippen molar-refractivity contribution < 1.29 is 19.0 Å². The summed E-state index contributed by atoms with van der Waals surface area (Å²) in [6, 6.07) is 12.9. The van der Waals surface area contributed by atoms with Crippen molar-refractivity contribution in [1.82, 2.24) is 5.32 Å². The normalized spacial score (nSPS) is 16.4. The third kappa shape index (κ3) is 3.91. The van der Waals surface area contributed by atoms with Gasteiger partial charge >= 0.3 is 5.97 Å². The Morgan fingerprint density at radius 3 is 2.31 bits per heavy atom. The molecule has 0 spiro atoms. The van der Waals surface area contributed by atoms with Gasteiger partial charge in [0, 0.05) is 23.0 Å². The van der Waals surface area contributed by atoms with Crippen LogP contribution in [0.4, 0.5) is 5.69 Å². The minimum Gasteiger partial charge on any atom is -0.497 e. The van der Waals surface area contributed by atoms with Crippen LogP contribution in [0.25, 0.3) is 0 Å². The SMILES string of the molecule is COC(=O)C1=C(C)N(c2ccc(C)cc2)C(=S)NC1c1ccc(OC)cc1OC. The fourth-order valence-electron chi connectivity index (χ4n) is 3.41. The van der Waals surface area contributed by atoms with E-state index in [0.29, 0.717) is 27.9 Å². The van der Waals surface area contributed by atoms with Crippen LogP contribution in [0, 0.1) is 6.92 Å². The van der Waals surface area contributed by atoms with Crippen LogP contribution >= 0.6 is 12.2 Å². The maximum atomic E-state index is 12.8. The quantitative estimate of drug-likeness (QED) is 0.590. The first-order valence-corrected chi connectivity index (χ1v) is 9.50.